The highest BCUT2D eigenvalue weighted by Gasteiger charge is 2.31. The highest BCUT2D eigenvalue weighted by Crippen LogP contribution is 2.24. The lowest BCUT2D eigenvalue weighted by atomic mass is 10.1. The molecule has 0 aromatic heterocycles. The zero-order chi connectivity index (χ0) is 12.3. The number of hydrogen-bond donors (Lipinski definition) is 1. The first-order chi connectivity index (χ1) is 8.09. The molecule has 2 heterocycles. The second kappa shape index (κ2) is 5.91. The first kappa shape index (κ1) is 13.6. The summed E-state index contributed by atoms with van der Waals surface area (Å²) in [5.41, 5.74) is 0. The molecule has 0 spiro atoms. The molecule has 2 saturated heterocycles. The number of nitrogens with zero attached hydrogens (tertiary/aromatic N) is 1. The van der Waals surface area contributed by atoms with Crippen molar-refractivity contribution >= 4 is 21.8 Å². The van der Waals surface area contributed by atoms with Gasteiger partial charge in [0.2, 0.25) is 10.0 Å². The molecular formula is C11H22N2O2S2. The van der Waals surface area contributed by atoms with Crippen molar-refractivity contribution in [3.05, 3.63) is 0 Å². The fourth-order valence-electron chi connectivity index (χ4n) is 2.47. The van der Waals surface area contributed by atoms with Crippen LogP contribution in [0.25, 0.3) is 0 Å². The van der Waals surface area contributed by atoms with Gasteiger partial charge in [-0.05, 0) is 31.6 Å². The second-order valence-electron chi connectivity index (χ2n) is 4.96. The van der Waals surface area contributed by atoms with Crippen LogP contribution in [0, 0.1) is 0 Å². The Morgan fingerprint density at radius 2 is 2.18 bits per heavy atom. The summed E-state index contributed by atoms with van der Waals surface area (Å²) in [6, 6.07) is 0.374. The molecule has 0 radical (unpaired) electrons. The maximum Gasteiger partial charge on any atom is 0.215 e. The third-order valence-corrected chi connectivity index (χ3v) is 6.83. The Labute approximate surface area is 109 Å². The Morgan fingerprint density at radius 3 is 2.76 bits per heavy atom. The van der Waals surface area contributed by atoms with Gasteiger partial charge in [-0.15, -0.1) is 0 Å². The SMILES string of the molecule is CN(C1CCSC1)S(=O)(=O)CC1CCCCN1. The molecule has 0 bridgehead atoms. The number of nitrogens with one attached hydrogen (secondary N) is 1. The lowest BCUT2D eigenvalue weighted by Gasteiger charge is -2.28. The van der Waals surface area contributed by atoms with E-state index >= 15 is 0 Å². The van der Waals surface area contributed by atoms with Crippen molar-refractivity contribution in [3.8, 4) is 0 Å². The molecule has 0 aromatic carbocycles. The van der Waals surface area contributed by atoms with Gasteiger partial charge in [0.25, 0.3) is 0 Å². The normalized spacial score (nSPS) is 30.9. The largest absolute Gasteiger partial charge is 0.313 e. The highest BCUT2D eigenvalue weighted by atomic mass is 32.2. The van der Waals surface area contributed by atoms with E-state index in [1.165, 1.54) is 6.42 Å². The predicted molar refractivity (Wildman–Crippen MR) is 72.9 cm³/mol. The average Bonchev–Trinajstić information content (AvgIpc) is 2.82. The third kappa shape index (κ3) is 3.59. The second-order valence-corrected chi connectivity index (χ2v) is 8.18. The molecule has 1 N–H and O–H groups in total. The van der Waals surface area contributed by atoms with Gasteiger partial charge in [-0.2, -0.15) is 11.8 Å². The maximum atomic E-state index is 12.3. The molecule has 4 nitrogen and oxygen atoms in total. The molecule has 2 fully saturated rings. The highest BCUT2D eigenvalue weighted by molar-refractivity contribution is 7.99. The Morgan fingerprint density at radius 1 is 1.35 bits per heavy atom. The summed E-state index contributed by atoms with van der Waals surface area (Å²) in [6.07, 6.45) is 4.31. The van der Waals surface area contributed by atoms with Crippen molar-refractivity contribution < 1.29 is 8.42 Å². The lowest BCUT2D eigenvalue weighted by molar-refractivity contribution is 0.378. The van der Waals surface area contributed by atoms with Gasteiger partial charge in [-0.1, -0.05) is 6.42 Å². The number of sulfonamides is 1. The van der Waals surface area contributed by atoms with E-state index in [0.717, 1.165) is 37.3 Å². The van der Waals surface area contributed by atoms with Crippen LogP contribution < -0.4 is 5.32 Å². The van der Waals surface area contributed by atoms with Gasteiger partial charge in [0.05, 0.1) is 5.75 Å². The molecule has 17 heavy (non-hydrogen) atoms. The molecule has 2 rings (SSSR count). The molecule has 2 aliphatic heterocycles. The summed E-state index contributed by atoms with van der Waals surface area (Å²) in [7, 11) is -1.34. The minimum Gasteiger partial charge on any atom is -0.313 e. The van der Waals surface area contributed by atoms with Gasteiger partial charge in [0.1, 0.15) is 0 Å². The van der Waals surface area contributed by atoms with Crippen LogP contribution in [0.3, 0.4) is 0 Å². The fraction of sp³-hybridized carbons (Fsp3) is 1.00. The van der Waals surface area contributed by atoms with E-state index in [2.05, 4.69) is 5.32 Å². The number of rotatable bonds is 4. The van der Waals surface area contributed by atoms with Crippen LogP contribution in [-0.2, 0) is 10.0 Å². The van der Waals surface area contributed by atoms with E-state index in [1.807, 2.05) is 11.8 Å². The quantitative estimate of drug-likeness (QED) is 0.830. The topological polar surface area (TPSA) is 49.4 Å². The van der Waals surface area contributed by atoms with Gasteiger partial charge in [-0.25, -0.2) is 12.7 Å². The average molecular weight is 278 g/mol. The van der Waals surface area contributed by atoms with Gasteiger partial charge >= 0.3 is 0 Å². The number of thioether (sulfide) groups is 1. The zero-order valence-corrected chi connectivity index (χ0v) is 12.0. The van der Waals surface area contributed by atoms with E-state index in [4.69, 9.17) is 0 Å². The number of piperidine rings is 1. The van der Waals surface area contributed by atoms with Crippen molar-refractivity contribution in [1.82, 2.24) is 9.62 Å². The van der Waals surface area contributed by atoms with Crippen molar-refractivity contribution in [1.29, 1.82) is 0 Å². The van der Waals surface area contributed by atoms with Crippen molar-refractivity contribution in [3.63, 3.8) is 0 Å². The van der Waals surface area contributed by atoms with E-state index in [9.17, 15) is 8.42 Å². The Balaban J connectivity index is 1.92. The molecule has 0 amide bonds. The standard InChI is InChI=1S/C11H22N2O2S2/c1-13(11-5-7-16-8-11)17(14,15)9-10-4-2-3-6-12-10/h10-12H,2-9H2,1H3. The molecule has 2 aliphatic rings. The Kier molecular flexibility index (Phi) is 4.74. The van der Waals surface area contributed by atoms with Crippen LogP contribution in [0.2, 0.25) is 0 Å². The number of hydrogen-bond acceptors (Lipinski definition) is 4. The van der Waals surface area contributed by atoms with Gasteiger partial charge in [0, 0.05) is 24.9 Å². The van der Waals surface area contributed by atoms with Crippen LogP contribution in [0.15, 0.2) is 0 Å². The van der Waals surface area contributed by atoms with Crippen LogP contribution >= 0.6 is 11.8 Å². The zero-order valence-electron chi connectivity index (χ0n) is 10.4. The summed E-state index contributed by atoms with van der Waals surface area (Å²) in [5, 5.41) is 3.31. The molecule has 0 saturated carbocycles. The van der Waals surface area contributed by atoms with E-state index in [0.29, 0.717) is 0 Å². The molecular weight excluding hydrogens is 256 g/mol. The Bertz CT molecular complexity index is 333. The van der Waals surface area contributed by atoms with Gasteiger partial charge in [0.15, 0.2) is 0 Å². The first-order valence-electron chi connectivity index (χ1n) is 6.36. The van der Waals surface area contributed by atoms with Crippen LogP contribution in [0.1, 0.15) is 25.7 Å². The van der Waals surface area contributed by atoms with E-state index in [1.54, 1.807) is 11.4 Å². The van der Waals surface area contributed by atoms with E-state index < -0.39 is 10.0 Å². The summed E-state index contributed by atoms with van der Waals surface area (Å²) in [5.74, 6) is 2.31. The first-order valence-corrected chi connectivity index (χ1v) is 9.13. The minimum atomic E-state index is -3.09. The maximum absolute atomic E-state index is 12.3. The van der Waals surface area contributed by atoms with E-state index in [-0.39, 0.29) is 17.8 Å². The molecule has 2 unspecified atom stereocenters. The predicted octanol–water partition coefficient (Wildman–Crippen LogP) is 0.896. The summed E-state index contributed by atoms with van der Waals surface area (Å²) >= 11 is 1.85. The molecule has 100 valence electrons. The Hall–Kier alpha value is 0.220. The minimum absolute atomic E-state index is 0.158. The molecule has 0 aromatic rings. The van der Waals surface area contributed by atoms with Crippen molar-refractivity contribution in [2.24, 2.45) is 0 Å². The smallest absolute Gasteiger partial charge is 0.215 e. The monoisotopic (exact) mass is 278 g/mol. The summed E-state index contributed by atoms with van der Waals surface area (Å²) in [4.78, 5) is 0. The van der Waals surface area contributed by atoms with Crippen LogP contribution in [0.4, 0.5) is 0 Å². The van der Waals surface area contributed by atoms with Gasteiger partial charge in [-0.3, -0.25) is 0 Å². The summed E-state index contributed by atoms with van der Waals surface area (Å²) < 4.78 is 26.1. The van der Waals surface area contributed by atoms with Crippen LogP contribution in [0.5, 0.6) is 0 Å². The van der Waals surface area contributed by atoms with Gasteiger partial charge < -0.3 is 5.32 Å². The molecule has 2 atom stereocenters. The van der Waals surface area contributed by atoms with Crippen molar-refractivity contribution in [2.75, 3.05) is 30.9 Å². The molecule has 6 heteroatoms. The lowest BCUT2D eigenvalue weighted by Crippen LogP contribution is -2.46. The summed E-state index contributed by atoms with van der Waals surface area (Å²) in [6.45, 7) is 0.961. The third-order valence-electron chi connectivity index (χ3n) is 3.68. The molecule has 0 aliphatic carbocycles. The van der Waals surface area contributed by atoms with Crippen LogP contribution in [-0.4, -0.2) is 55.7 Å². The van der Waals surface area contributed by atoms with Crippen molar-refractivity contribution in [2.45, 2.75) is 37.8 Å². The fourth-order valence-corrected chi connectivity index (χ4v) is 5.50.